The zero-order chi connectivity index (χ0) is 11.3. The second-order valence-corrected chi connectivity index (χ2v) is 4.16. The first kappa shape index (κ1) is 12.2. The minimum atomic E-state index is 0.954. The van der Waals surface area contributed by atoms with Crippen LogP contribution in [0.1, 0.15) is 43.1 Å². The van der Waals surface area contributed by atoms with Crippen molar-refractivity contribution >= 4 is 0 Å². The van der Waals surface area contributed by atoms with Gasteiger partial charge in [0.1, 0.15) is 0 Å². The van der Waals surface area contributed by atoms with Gasteiger partial charge in [0, 0.05) is 24.8 Å². The first-order valence-electron chi connectivity index (χ1n) is 5.86. The van der Waals surface area contributed by atoms with Crippen LogP contribution in [0.3, 0.4) is 0 Å². The summed E-state index contributed by atoms with van der Waals surface area (Å²) in [6.07, 6.45) is 3.87. The maximum Gasteiger partial charge on any atom is 0.0641 e. The highest BCUT2D eigenvalue weighted by atomic mass is 15.3. The summed E-state index contributed by atoms with van der Waals surface area (Å²) < 4.78 is 1.96. The Morgan fingerprint density at radius 3 is 2.53 bits per heavy atom. The number of hydrogen-bond donors (Lipinski definition) is 1. The normalized spacial score (nSPS) is 10.9. The van der Waals surface area contributed by atoms with E-state index in [-0.39, 0.29) is 0 Å². The summed E-state index contributed by atoms with van der Waals surface area (Å²) in [5.41, 5.74) is 3.78. The standard InChI is InChI=1S/C12H23N3/c1-5-6-7-8-13-9-12-10(2)14-15(4)11(12)3/h13H,5-9H2,1-4H3. The SMILES string of the molecule is CCCCCNCc1c(C)nn(C)c1C. The fraction of sp³-hybridized carbons (Fsp3) is 0.750. The maximum atomic E-state index is 4.40. The summed E-state index contributed by atoms with van der Waals surface area (Å²) in [6, 6.07) is 0. The van der Waals surface area contributed by atoms with Gasteiger partial charge in [-0.1, -0.05) is 19.8 Å². The van der Waals surface area contributed by atoms with Crippen LogP contribution in [0.15, 0.2) is 0 Å². The second kappa shape index (κ2) is 5.91. The van der Waals surface area contributed by atoms with E-state index in [1.54, 1.807) is 0 Å². The molecule has 1 aromatic rings. The van der Waals surface area contributed by atoms with Crippen LogP contribution >= 0.6 is 0 Å². The van der Waals surface area contributed by atoms with Crippen LogP contribution in [0.25, 0.3) is 0 Å². The van der Waals surface area contributed by atoms with E-state index in [1.165, 1.54) is 30.5 Å². The maximum absolute atomic E-state index is 4.40. The molecule has 0 unspecified atom stereocenters. The predicted molar refractivity (Wildman–Crippen MR) is 63.9 cm³/mol. The second-order valence-electron chi connectivity index (χ2n) is 4.16. The molecule has 0 aliphatic rings. The number of rotatable bonds is 6. The Labute approximate surface area is 92.9 Å². The van der Waals surface area contributed by atoms with Crippen molar-refractivity contribution in [1.82, 2.24) is 15.1 Å². The molecule has 3 heteroatoms. The van der Waals surface area contributed by atoms with Gasteiger partial charge in [-0.05, 0) is 26.8 Å². The highest BCUT2D eigenvalue weighted by Crippen LogP contribution is 2.11. The lowest BCUT2D eigenvalue weighted by Gasteiger charge is -2.04. The number of aromatic nitrogens is 2. The number of unbranched alkanes of at least 4 members (excludes halogenated alkanes) is 2. The molecule has 1 aromatic heterocycles. The van der Waals surface area contributed by atoms with Crippen LogP contribution in [0.5, 0.6) is 0 Å². The molecule has 0 fully saturated rings. The minimum Gasteiger partial charge on any atom is -0.313 e. The summed E-state index contributed by atoms with van der Waals surface area (Å²) in [5, 5.41) is 7.88. The zero-order valence-electron chi connectivity index (χ0n) is 10.4. The highest BCUT2D eigenvalue weighted by molar-refractivity contribution is 5.23. The molecule has 0 spiro atoms. The van der Waals surface area contributed by atoms with E-state index in [0.717, 1.165) is 18.8 Å². The Bertz CT molecular complexity index is 302. The fourth-order valence-electron chi connectivity index (χ4n) is 1.79. The Morgan fingerprint density at radius 1 is 1.27 bits per heavy atom. The summed E-state index contributed by atoms with van der Waals surface area (Å²) in [6.45, 7) is 8.51. The van der Waals surface area contributed by atoms with Gasteiger partial charge in [-0.25, -0.2) is 0 Å². The Hall–Kier alpha value is -0.830. The lowest BCUT2D eigenvalue weighted by molar-refractivity contribution is 0.614. The smallest absolute Gasteiger partial charge is 0.0641 e. The van der Waals surface area contributed by atoms with Crippen molar-refractivity contribution in [3.05, 3.63) is 17.0 Å². The van der Waals surface area contributed by atoms with Crippen molar-refractivity contribution in [3.63, 3.8) is 0 Å². The van der Waals surface area contributed by atoms with Crippen molar-refractivity contribution in [2.24, 2.45) is 7.05 Å². The molecule has 0 atom stereocenters. The third-order valence-electron chi connectivity index (χ3n) is 2.92. The van der Waals surface area contributed by atoms with Gasteiger partial charge in [-0.15, -0.1) is 0 Å². The van der Waals surface area contributed by atoms with Gasteiger partial charge < -0.3 is 5.32 Å². The van der Waals surface area contributed by atoms with E-state index in [9.17, 15) is 0 Å². The summed E-state index contributed by atoms with van der Waals surface area (Å²) in [5.74, 6) is 0. The van der Waals surface area contributed by atoms with E-state index in [1.807, 2.05) is 11.7 Å². The average molecular weight is 209 g/mol. The van der Waals surface area contributed by atoms with E-state index < -0.39 is 0 Å². The van der Waals surface area contributed by atoms with Crippen molar-refractivity contribution in [3.8, 4) is 0 Å². The topological polar surface area (TPSA) is 29.9 Å². The number of nitrogens with one attached hydrogen (secondary N) is 1. The van der Waals surface area contributed by atoms with E-state index >= 15 is 0 Å². The minimum absolute atomic E-state index is 0.954. The first-order valence-corrected chi connectivity index (χ1v) is 5.86. The van der Waals surface area contributed by atoms with Crippen molar-refractivity contribution in [2.45, 2.75) is 46.6 Å². The number of hydrogen-bond acceptors (Lipinski definition) is 2. The van der Waals surface area contributed by atoms with Gasteiger partial charge in [0.05, 0.1) is 5.69 Å². The quantitative estimate of drug-likeness (QED) is 0.729. The van der Waals surface area contributed by atoms with Crippen LogP contribution in [-0.4, -0.2) is 16.3 Å². The van der Waals surface area contributed by atoms with Crippen LogP contribution in [-0.2, 0) is 13.6 Å². The molecule has 0 aliphatic heterocycles. The molecular formula is C12H23N3. The van der Waals surface area contributed by atoms with E-state index in [0.29, 0.717) is 0 Å². The van der Waals surface area contributed by atoms with Gasteiger partial charge >= 0.3 is 0 Å². The molecular weight excluding hydrogens is 186 g/mol. The van der Waals surface area contributed by atoms with Crippen LogP contribution < -0.4 is 5.32 Å². The Morgan fingerprint density at radius 2 is 2.00 bits per heavy atom. The molecule has 0 amide bonds. The molecule has 0 bridgehead atoms. The lowest BCUT2D eigenvalue weighted by atomic mass is 10.2. The third kappa shape index (κ3) is 3.34. The number of nitrogens with zero attached hydrogens (tertiary/aromatic N) is 2. The molecule has 15 heavy (non-hydrogen) atoms. The fourth-order valence-corrected chi connectivity index (χ4v) is 1.79. The van der Waals surface area contributed by atoms with Gasteiger partial charge in [0.15, 0.2) is 0 Å². The molecule has 3 nitrogen and oxygen atoms in total. The highest BCUT2D eigenvalue weighted by Gasteiger charge is 2.07. The molecule has 0 aromatic carbocycles. The summed E-state index contributed by atoms with van der Waals surface area (Å²) in [7, 11) is 2.00. The Kier molecular flexibility index (Phi) is 4.82. The predicted octanol–water partition coefficient (Wildman–Crippen LogP) is 2.32. The van der Waals surface area contributed by atoms with Crippen LogP contribution in [0.4, 0.5) is 0 Å². The molecule has 0 aliphatic carbocycles. The lowest BCUT2D eigenvalue weighted by Crippen LogP contribution is -2.15. The van der Waals surface area contributed by atoms with E-state index in [4.69, 9.17) is 0 Å². The third-order valence-corrected chi connectivity index (χ3v) is 2.92. The molecule has 0 saturated heterocycles. The van der Waals surface area contributed by atoms with Gasteiger partial charge in [-0.3, -0.25) is 4.68 Å². The largest absolute Gasteiger partial charge is 0.313 e. The van der Waals surface area contributed by atoms with Crippen molar-refractivity contribution < 1.29 is 0 Å². The van der Waals surface area contributed by atoms with Crippen LogP contribution in [0.2, 0.25) is 0 Å². The van der Waals surface area contributed by atoms with Gasteiger partial charge in [-0.2, -0.15) is 5.10 Å². The van der Waals surface area contributed by atoms with Crippen molar-refractivity contribution in [2.75, 3.05) is 6.54 Å². The molecule has 86 valence electrons. The van der Waals surface area contributed by atoms with E-state index in [2.05, 4.69) is 31.2 Å². The molecule has 1 N–H and O–H groups in total. The Balaban J connectivity index is 2.37. The summed E-state index contributed by atoms with van der Waals surface area (Å²) in [4.78, 5) is 0. The zero-order valence-corrected chi connectivity index (χ0v) is 10.4. The molecule has 0 saturated carbocycles. The summed E-state index contributed by atoms with van der Waals surface area (Å²) >= 11 is 0. The molecule has 1 heterocycles. The molecule has 1 rings (SSSR count). The average Bonchev–Trinajstić information content (AvgIpc) is 2.44. The van der Waals surface area contributed by atoms with Gasteiger partial charge in [0.2, 0.25) is 0 Å². The molecule has 0 radical (unpaired) electrons. The van der Waals surface area contributed by atoms with Crippen molar-refractivity contribution in [1.29, 1.82) is 0 Å². The number of aryl methyl sites for hydroxylation is 2. The monoisotopic (exact) mass is 209 g/mol. The van der Waals surface area contributed by atoms with Gasteiger partial charge in [0.25, 0.3) is 0 Å². The first-order chi connectivity index (χ1) is 7.16. The van der Waals surface area contributed by atoms with Crippen LogP contribution in [0, 0.1) is 13.8 Å².